The van der Waals surface area contributed by atoms with Crippen LogP contribution in [0, 0.1) is 0 Å². The fourth-order valence-corrected chi connectivity index (χ4v) is 4.25. The van der Waals surface area contributed by atoms with Crippen molar-refractivity contribution in [2.24, 2.45) is 0 Å². The number of aryl methyl sites for hydroxylation is 2. The molecule has 0 aliphatic rings. The molecule has 7 heteroatoms. The molecule has 2 rings (SSSR count). The summed E-state index contributed by atoms with van der Waals surface area (Å²) in [6, 6.07) is 3.53. The van der Waals surface area contributed by atoms with E-state index in [1.54, 1.807) is 22.1 Å². The lowest BCUT2D eigenvalue weighted by molar-refractivity contribution is 0.271. The first-order chi connectivity index (χ1) is 10.0. The van der Waals surface area contributed by atoms with Crippen molar-refractivity contribution >= 4 is 21.4 Å². The number of hydrogen-bond donors (Lipinski definition) is 2. The molecule has 0 aliphatic heterocycles. The minimum atomic E-state index is -3.56. The summed E-state index contributed by atoms with van der Waals surface area (Å²) in [4.78, 5) is 1.24. The lowest BCUT2D eigenvalue weighted by Crippen LogP contribution is -2.22. The maximum atomic E-state index is 12.3. The van der Waals surface area contributed by atoms with Gasteiger partial charge in [0.15, 0.2) is 0 Å². The summed E-state index contributed by atoms with van der Waals surface area (Å²) in [5.41, 5.74) is 1.77. The summed E-state index contributed by atoms with van der Waals surface area (Å²) in [6.45, 7) is 4.70. The Kier molecular flexibility index (Phi) is 5.21. The second-order valence-electron chi connectivity index (χ2n) is 4.66. The molecule has 0 saturated heterocycles. The van der Waals surface area contributed by atoms with Gasteiger partial charge in [0.05, 0.1) is 11.5 Å². The predicted molar refractivity (Wildman–Crippen MR) is 83.8 cm³/mol. The van der Waals surface area contributed by atoms with Gasteiger partial charge in [0, 0.05) is 29.9 Å². The number of sulfonamides is 1. The average Bonchev–Trinajstić information content (AvgIpc) is 3.11. The Labute approximate surface area is 129 Å². The van der Waals surface area contributed by atoms with Crippen LogP contribution in [0.15, 0.2) is 28.6 Å². The molecule has 0 fully saturated rings. The Morgan fingerprint density at radius 3 is 2.71 bits per heavy atom. The fourth-order valence-electron chi connectivity index (χ4n) is 2.18. The van der Waals surface area contributed by atoms with E-state index in [2.05, 4.69) is 11.6 Å². The van der Waals surface area contributed by atoms with Gasteiger partial charge in [-0.15, -0.1) is 11.3 Å². The summed E-state index contributed by atoms with van der Waals surface area (Å²) in [5, 5.41) is 11.2. The van der Waals surface area contributed by atoms with Gasteiger partial charge >= 0.3 is 0 Å². The van der Waals surface area contributed by atoms with Crippen LogP contribution in [0.5, 0.6) is 0 Å². The highest BCUT2D eigenvalue weighted by atomic mass is 32.2. The molecule has 0 aliphatic carbocycles. The van der Waals surface area contributed by atoms with E-state index in [0.717, 1.165) is 11.3 Å². The van der Waals surface area contributed by atoms with Crippen LogP contribution in [-0.4, -0.2) is 18.1 Å². The third kappa shape index (κ3) is 3.55. The Hall–Kier alpha value is -1.15. The highest BCUT2D eigenvalue weighted by molar-refractivity contribution is 7.89. The molecule has 0 amide bonds. The third-order valence-corrected chi connectivity index (χ3v) is 5.75. The normalized spacial score (nSPS) is 12.0. The molecular formula is C14H20N2O3S2. The number of hydrogen-bond acceptors (Lipinski definition) is 4. The first-order valence-corrected chi connectivity index (χ1v) is 9.22. The van der Waals surface area contributed by atoms with Crippen molar-refractivity contribution in [1.82, 2.24) is 9.29 Å². The number of aliphatic hydroxyl groups excluding tert-OH is 1. The predicted octanol–water partition coefficient (Wildman–Crippen LogP) is 2.10. The molecule has 0 saturated carbocycles. The van der Waals surface area contributed by atoms with Gasteiger partial charge in [-0.25, -0.2) is 13.1 Å². The summed E-state index contributed by atoms with van der Waals surface area (Å²) in [7, 11) is -3.56. The summed E-state index contributed by atoms with van der Waals surface area (Å²) in [6.07, 6.45) is 2.45. The molecule has 2 heterocycles. The fraction of sp³-hybridized carbons (Fsp3) is 0.429. The second-order valence-corrected chi connectivity index (χ2v) is 7.43. The molecule has 0 radical (unpaired) electrons. The van der Waals surface area contributed by atoms with Crippen LogP contribution in [0.3, 0.4) is 0 Å². The van der Waals surface area contributed by atoms with Crippen molar-refractivity contribution in [1.29, 1.82) is 0 Å². The Balaban J connectivity index is 2.17. The van der Waals surface area contributed by atoms with Gasteiger partial charge in [0.2, 0.25) is 10.0 Å². The zero-order valence-corrected chi connectivity index (χ0v) is 13.8. The molecule has 2 aromatic rings. The zero-order chi connectivity index (χ0) is 15.5. The standard InChI is InChI=1S/C14H20N2O3S2/c1-3-11-5-6-20-14(11)8-15-21(18,19)13-7-12(10-17)16(4-2)9-13/h5-7,9,15,17H,3-4,8,10H2,1-2H3. The lowest BCUT2D eigenvalue weighted by atomic mass is 10.2. The van der Waals surface area contributed by atoms with Crippen molar-refractivity contribution in [3.63, 3.8) is 0 Å². The van der Waals surface area contributed by atoms with E-state index in [1.807, 2.05) is 18.4 Å². The van der Waals surface area contributed by atoms with Gasteiger partial charge in [-0.2, -0.15) is 0 Å². The molecule has 0 aromatic carbocycles. The zero-order valence-electron chi connectivity index (χ0n) is 12.2. The van der Waals surface area contributed by atoms with Crippen molar-refractivity contribution < 1.29 is 13.5 Å². The molecule has 116 valence electrons. The highest BCUT2D eigenvalue weighted by Gasteiger charge is 2.18. The molecule has 2 aromatic heterocycles. The summed E-state index contributed by atoms with van der Waals surface area (Å²) >= 11 is 1.56. The minimum absolute atomic E-state index is 0.172. The minimum Gasteiger partial charge on any atom is -0.390 e. The molecular weight excluding hydrogens is 308 g/mol. The number of aromatic nitrogens is 1. The summed E-state index contributed by atoms with van der Waals surface area (Å²) < 4.78 is 29.0. The van der Waals surface area contributed by atoms with Crippen molar-refractivity contribution in [3.8, 4) is 0 Å². The number of aliphatic hydroxyl groups is 1. The molecule has 0 bridgehead atoms. The monoisotopic (exact) mass is 328 g/mol. The van der Waals surface area contributed by atoms with Crippen LogP contribution in [0.25, 0.3) is 0 Å². The molecule has 0 unspecified atom stereocenters. The lowest BCUT2D eigenvalue weighted by Gasteiger charge is -2.05. The molecule has 0 spiro atoms. The smallest absolute Gasteiger partial charge is 0.242 e. The molecule has 2 N–H and O–H groups in total. The van der Waals surface area contributed by atoms with Gasteiger partial charge in [0.25, 0.3) is 0 Å². The van der Waals surface area contributed by atoms with Gasteiger partial charge in [-0.3, -0.25) is 0 Å². The molecule has 0 atom stereocenters. The van der Waals surface area contributed by atoms with Crippen molar-refractivity contribution in [2.75, 3.05) is 0 Å². The van der Waals surface area contributed by atoms with E-state index in [0.29, 0.717) is 18.8 Å². The second kappa shape index (κ2) is 6.74. The van der Waals surface area contributed by atoms with Crippen molar-refractivity contribution in [2.45, 2.75) is 44.9 Å². The Bertz CT molecular complexity index is 680. The number of rotatable bonds is 7. The van der Waals surface area contributed by atoms with Gasteiger partial charge in [0.1, 0.15) is 0 Å². The maximum Gasteiger partial charge on any atom is 0.242 e. The van der Waals surface area contributed by atoms with Crippen LogP contribution >= 0.6 is 11.3 Å². The largest absolute Gasteiger partial charge is 0.390 e. The molecule has 21 heavy (non-hydrogen) atoms. The van der Waals surface area contributed by atoms with Crippen LogP contribution < -0.4 is 4.72 Å². The Morgan fingerprint density at radius 1 is 1.38 bits per heavy atom. The van der Waals surface area contributed by atoms with Crippen LogP contribution in [0.4, 0.5) is 0 Å². The third-order valence-electron chi connectivity index (χ3n) is 3.42. The van der Waals surface area contributed by atoms with E-state index in [4.69, 9.17) is 0 Å². The van der Waals surface area contributed by atoms with E-state index < -0.39 is 10.0 Å². The number of thiophene rings is 1. The first kappa shape index (κ1) is 16.2. The Morgan fingerprint density at radius 2 is 2.14 bits per heavy atom. The van der Waals surface area contributed by atoms with Crippen LogP contribution in [-0.2, 0) is 36.1 Å². The van der Waals surface area contributed by atoms with Gasteiger partial charge in [-0.05, 0) is 36.4 Å². The van der Waals surface area contributed by atoms with Gasteiger partial charge in [-0.1, -0.05) is 6.92 Å². The van der Waals surface area contributed by atoms with Crippen molar-refractivity contribution in [3.05, 3.63) is 39.8 Å². The summed E-state index contributed by atoms with van der Waals surface area (Å²) in [5.74, 6) is 0. The van der Waals surface area contributed by atoms with E-state index in [9.17, 15) is 13.5 Å². The SMILES string of the molecule is CCc1ccsc1CNS(=O)(=O)c1cc(CO)n(CC)c1. The van der Waals surface area contributed by atoms with Gasteiger partial charge < -0.3 is 9.67 Å². The topological polar surface area (TPSA) is 71.3 Å². The van der Waals surface area contributed by atoms with E-state index in [1.165, 1.54) is 11.6 Å². The average molecular weight is 328 g/mol. The van der Waals surface area contributed by atoms with Crippen LogP contribution in [0.1, 0.15) is 30.0 Å². The highest BCUT2D eigenvalue weighted by Crippen LogP contribution is 2.19. The van der Waals surface area contributed by atoms with Crippen LogP contribution in [0.2, 0.25) is 0 Å². The molecule has 5 nitrogen and oxygen atoms in total. The number of nitrogens with zero attached hydrogens (tertiary/aromatic N) is 1. The number of nitrogens with one attached hydrogen (secondary N) is 1. The van der Waals surface area contributed by atoms with E-state index >= 15 is 0 Å². The van der Waals surface area contributed by atoms with E-state index in [-0.39, 0.29) is 11.5 Å². The maximum absolute atomic E-state index is 12.3. The quantitative estimate of drug-likeness (QED) is 0.818. The first-order valence-electron chi connectivity index (χ1n) is 6.86.